The van der Waals surface area contributed by atoms with Gasteiger partial charge in [-0.3, -0.25) is 9.69 Å². The molecule has 1 aliphatic rings. The number of rotatable bonds is 7. The summed E-state index contributed by atoms with van der Waals surface area (Å²) in [6.45, 7) is 5.64. The van der Waals surface area contributed by atoms with Crippen molar-refractivity contribution < 1.29 is 13.2 Å². The van der Waals surface area contributed by atoms with E-state index >= 15 is 0 Å². The van der Waals surface area contributed by atoms with Crippen LogP contribution in [0.4, 0.5) is 0 Å². The molecule has 0 aliphatic carbocycles. The van der Waals surface area contributed by atoms with Gasteiger partial charge in [-0.2, -0.15) is 0 Å². The molecule has 0 radical (unpaired) electrons. The second-order valence-corrected chi connectivity index (χ2v) is 9.49. The quantitative estimate of drug-likeness (QED) is 0.702. The Balaban J connectivity index is 1.43. The van der Waals surface area contributed by atoms with Crippen LogP contribution in [0, 0.1) is 6.92 Å². The van der Waals surface area contributed by atoms with E-state index in [1.54, 1.807) is 29.2 Å². The topological polar surface area (TPSA) is 57.7 Å². The molecule has 0 N–H and O–H groups in total. The Morgan fingerprint density at radius 2 is 1.62 bits per heavy atom. The smallest absolute Gasteiger partial charge is 0.223 e. The molecule has 0 unspecified atom stereocenters. The van der Waals surface area contributed by atoms with E-state index in [0.717, 1.165) is 25.2 Å². The fourth-order valence-corrected chi connectivity index (χ4v) is 4.55. The average Bonchev–Trinajstić information content (AvgIpc) is 2.74. The Labute approximate surface area is 173 Å². The van der Waals surface area contributed by atoms with Crippen molar-refractivity contribution in [2.75, 3.05) is 38.5 Å². The van der Waals surface area contributed by atoms with Crippen LogP contribution in [0.25, 0.3) is 6.08 Å². The van der Waals surface area contributed by atoms with E-state index in [1.165, 1.54) is 5.56 Å². The van der Waals surface area contributed by atoms with Crippen LogP contribution in [0.5, 0.6) is 0 Å². The van der Waals surface area contributed by atoms with Gasteiger partial charge in [-0.25, -0.2) is 8.42 Å². The second kappa shape index (κ2) is 9.85. The third-order valence-corrected chi connectivity index (χ3v) is 6.90. The van der Waals surface area contributed by atoms with E-state index in [2.05, 4.69) is 29.2 Å². The van der Waals surface area contributed by atoms with Crippen LogP contribution >= 0.6 is 0 Å². The first-order chi connectivity index (χ1) is 13.9. The fraction of sp³-hybridized carbons (Fsp3) is 0.348. The predicted octanol–water partition coefficient (Wildman–Crippen LogP) is 3.02. The van der Waals surface area contributed by atoms with E-state index in [0.29, 0.717) is 13.1 Å². The van der Waals surface area contributed by atoms with Crippen LogP contribution in [0.3, 0.4) is 0 Å². The van der Waals surface area contributed by atoms with Gasteiger partial charge >= 0.3 is 0 Å². The van der Waals surface area contributed by atoms with Gasteiger partial charge in [0.15, 0.2) is 9.84 Å². The molecule has 1 fully saturated rings. The highest BCUT2D eigenvalue weighted by Crippen LogP contribution is 2.14. The fourth-order valence-electron chi connectivity index (χ4n) is 3.33. The number of benzene rings is 2. The SMILES string of the molecule is Cc1ccc(S(=O)(=O)CCC(=O)N2CCN(CC=Cc3ccccc3)CC2)cc1. The Hall–Kier alpha value is -2.44. The average molecular weight is 413 g/mol. The zero-order chi connectivity index (χ0) is 20.7. The van der Waals surface area contributed by atoms with Crippen LogP contribution in [-0.2, 0) is 14.6 Å². The molecule has 1 amide bonds. The molecule has 5 nitrogen and oxygen atoms in total. The number of hydrogen-bond donors (Lipinski definition) is 0. The molecule has 1 aliphatic heterocycles. The number of carbonyl (C=O) groups is 1. The Bertz CT molecular complexity index is 930. The third-order valence-electron chi connectivity index (χ3n) is 5.16. The van der Waals surface area contributed by atoms with Gasteiger partial charge in [0.2, 0.25) is 5.91 Å². The van der Waals surface area contributed by atoms with Crippen molar-refractivity contribution in [1.29, 1.82) is 0 Å². The molecule has 1 saturated heterocycles. The number of hydrogen-bond acceptors (Lipinski definition) is 4. The zero-order valence-electron chi connectivity index (χ0n) is 16.8. The molecule has 0 spiro atoms. The normalized spacial score (nSPS) is 15.7. The minimum Gasteiger partial charge on any atom is -0.340 e. The van der Waals surface area contributed by atoms with Gasteiger partial charge in [-0.1, -0.05) is 60.2 Å². The molecule has 1 heterocycles. The van der Waals surface area contributed by atoms with Gasteiger partial charge in [-0.15, -0.1) is 0 Å². The van der Waals surface area contributed by atoms with Gasteiger partial charge in [0.1, 0.15) is 0 Å². The maximum atomic E-state index is 12.5. The van der Waals surface area contributed by atoms with Crippen molar-refractivity contribution in [2.24, 2.45) is 0 Å². The van der Waals surface area contributed by atoms with Crippen LogP contribution in [0.15, 0.2) is 65.6 Å². The molecule has 154 valence electrons. The number of carbonyl (C=O) groups excluding carboxylic acids is 1. The lowest BCUT2D eigenvalue weighted by molar-refractivity contribution is -0.132. The highest BCUT2D eigenvalue weighted by atomic mass is 32.2. The first kappa shape index (κ1) is 21.3. The summed E-state index contributed by atoms with van der Waals surface area (Å²) < 4.78 is 24.9. The molecule has 2 aromatic rings. The summed E-state index contributed by atoms with van der Waals surface area (Å²) in [5.41, 5.74) is 2.19. The lowest BCUT2D eigenvalue weighted by Gasteiger charge is -2.34. The number of nitrogens with zero attached hydrogens (tertiary/aromatic N) is 2. The molecule has 0 atom stereocenters. The standard InChI is InChI=1S/C23H28N2O3S/c1-20-9-11-22(12-10-20)29(27,28)19-13-23(26)25-17-15-24(16-18-25)14-5-8-21-6-3-2-4-7-21/h2-12H,13-19H2,1H3. The third kappa shape index (κ3) is 6.27. The van der Waals surface area contributed by atoms with E-state index < -0.39 is 9.84 Å². The largest absolute Gasteiger partial charge is 0.340 e. The molecule has 6 heteroatoms. The van der Waals surface area contributed by atoms with Gasteiger partial charge in [0, 0.05) is 39.1 Å². The summed E-state index contributed by atoms with van der Waals surface area (Å²) in [6, 6.07) is 16.9. The summed E-state index contributed by atoms with van der Waals surface area (Å²) in [7, 11) is -3.43. The monoisotopic (exact) mass is 412 g/mol. The van der Waals surface area contributed by atoms with Crippen LogP contribution < -0.4 is 0 Å². The predicted molar refractivity (Wildman–Crippen MR) is 116 cm³/mol. The summed E-state index contributed by atoms with van der Waals surface area (Å²) in [6.07, 6.45) is 4.28. The first-order valence-corrected chi connectivity index (χ1v) is 11.6. The van der Waals surface area contributed by atoms with Crippen molar-refractivity contribution in [2.45, 2.75) is 18.2 Å². The molecule has 0 aromatic heterocycles. The number of sulfone groups is 1. The van der Waals surface area contributed by atoms with Crippen molar-refractivity contribution in [3.8, 4) is 0 Å². The molecular weight excluding hydrogens is 384 g/mol. The van der Waals surface area contributed by atoms with Gasteiger partial charge < -0.3 is 4.90 Å². The summed E-state index contributed by atoms with van der Waals surface area (Å²) >= 11 is 0. The summed E-state index contributed by atoms with van der Waals surface area (Å²) in [4.78, 5) is 16.8. The number of aryl methyl sites for hydroxylation is 1. The zero-order valence-corrected chi connectivity index (χ0v) is 17.6. The van der Waals surface area contributed by atoms with Gasteiger partial charge in [0.25, 0.3) is 0 Å². The van der Waals surface area contributed by atoms with Crippen LogP contribution in [-0.4, -0.2) is 62.6 Å². The highest BCUT2D eigenvalue weighted by Gasteiger charge is 2.23. The van der Waals surface area contributed by atoms with Gasteiger partial charge in [0.05, 0.1) is 10.6 Å². The first-order valence-electron chi connectivity index (χ1n) is 9.95. The van der Waals surface area contributed by atoms with E-state index in [9.17, 15) is 13.2 Å². The number of piperazine rings is 1. The maximum Gasteiger partial charge on any atom is 0.223 e. The summed E-state index contributed by atoms with van der Waals surface area (Å²) in [5, 5.41) is 0. The second-order valence-electron chi connectivity index (χ2n) is 7.38. The highest BCUT2D eigenvalue weighted by molar-refractivity contribution is 7.91. The molecule has 29 heavy (non-hydrogen) atoms. The van der Waals surface area contributed by atoms with Crippen molar-refractivity contribution in [3.63, 3.8) is 0 Å². The van der Waals surface area contributed by atoms with Crippen molar-refractivity contribution in [1.82, 2.24) is 9.80 Å². The minimum absolute atomic E-state index is 0.0319. The molecule has 0 saturated carbocycles. The van der Waals surface area contributed by atoms with Crippen LogP contribution in [0.1, 0.15) is 17.5 Å². The molecule has 2 aromatic carbocycles. The maximum absolute atomic E-state index is 12.5. The minimum atomic E-state index is -3.43. The van der Waals surface area contributed by atoms with E-state index in [-0.39, 0.29) is 23.0 Å². The van der Waals surface area contributed by atoms with Crippen molar-refractivity contribution >= 4 is 21.8 Å². The number of amides is 1. The molecule has 3 rings (SSSR count). The summed E-state index contributed by atoms with van der Waals surface area (Å²) in [5.74, 6) is -0.227. The Morgan fingerprint density at radius 3 is 2.28 bits per heavy atom. The van der Waals surface area contributed by atoms with Gasteiger partial charge in [-0.05, 0) is 24.6 Å². The lowest BCUT2D eigenvalue weighted by atomic mass is 10.2. The molecule has 0 bridgehead atoms. The van der Waals surface area contributed by atoms with E-state index in [4.69, 9.17) is 0 Å². The Morgan fingerprint density at radius 1 is 0.966 bits per heavy atom. The lowest BCUT2D eigenvalue weighted by Crippen LogP contribution is -2.48. The molecular formula is C23H28N2O3S. The van der Waals surface area contributed by atoms with Crippen LogP contribution in [0.2, 0.25) is 0 Å². The van der Waals surface area contributed by atoms with E-state index in [1.807, 2.05) is 25.1 Å². The van der Waals surface area contributed by atoms with Crippen molar-refractivity contribution in [3.05, 3.63) is 71.8 Å². The Kier molecular flexibility index (Phi) is 7.23.